The van der Waals surface area contributed by atoms with Gasteiger partial charge in [0.15, 0.2) is 16.1 Å². The number of likely N-dealkylation sites (N-methyl/N-ethyl adjacent to an activating group) is 1. The highest BCUT2D eigenvalue weighted by Gasteiger charge is 2.33. The Hall–Kier alpha value is -1.90. The molecule has 1 aliphatic heterocycles. The van der Waals surface area contributed by atoms with Gasteiger partial charge >= 0.3 is 0 Å². The molecule has 2 aromatic rings. The van der Waals surface area contributed by atoms with Crippen molar-refractivity contribution in [1.29, 1.82) is 0 Å². The molecule has 0 aliphatic carbocycles. The number of hydrogen-bond donors (Lipinski definition) is 1. The summed E-state index contributed by atoms with van der Waals surface area (Å²) in [6.07, 6.45) is 0.0418. The van der Waals surface area contributed by atoms with Crippen LogP contribution in [0.1, 0.15) is 24.8 Å². The van der Waals surface area contributed by atoms with Gasteiger partial charge in [-0.1, -0.05) is 6.92 Å². The third-order valence-electron chi connectivity index (χ3n) is 5.03. The first-order valence-corrected chi connectivity index (χ1v) is 10.2. The largest absolute Gasteiger partial charge is 0.496 e. The summed E-state index contributed by atoms with van der Waals surface area (Å²) < 4.78 is 29.2. The van der Waals surface area contributed by atoms with E-state index in [1.807, 2.05) is 11.9 Å². The monoisotopic (exact) mass is 395 g/mol. The fraction of sp³-hybridized carbons (Fsp3) is 0.526. The molecule has 0 radical (unpaired) electrons. The fourth-order valence-electron chi connectivity index (χ4n) is 3.64. The van der Waals surface area contributed by atoms with Crippen molar-refractivity contribution in [3.63, 3.8) is 0 Å². The number of aliphatic hydroxyl groups is 1. The number of β-amino-alcohol motifs (C(OH)–C–C–N with tert-alkyl or cyclic N) is 1. The second-order valence-electron chi connectivity index (χ2n) is 6.69. The van der Waals surface area contributed by atoms with E-state index in [0.717, 1.165) is 6.54 Å². The number of hydrogen-bond acceptors (Lipinski definition) is 7. The van der Waals surface area contributed by atoms with E-state index in [0.29, 0.717) is 35.8 Å². The van der Waals surface area contributed by atoms with E-state index in [1.54, 1.807) is 13.0 Å². The summed E-state index contributed by atoms with van der Waals surface area (Å²) in [5, 5.41) is 11.1. The van der Waals surface area contributed by atoms with Crippen LogP contribution in [-0.4, -0.2) is 60.4 Å². The maximum absolute atomic E-state index is 12.8. The van der Waals surface area contributed by atoms with E-state index >= 15 is 0 Å². The SMILES string of the molecule is CCS(=O)c1cc(=O)c2c(OC)cc(OC)c([C@@H]3CCN(C)C[C@@H]3O)c2o1. The Labute approximate surface area is 160 Å². The Kier molecular flexibility index (Phi) is 5.88. The van der Waals surface area contributed by atoms with Crippen molar-refractivity contribution in [2.24, 2.45) is 0 Å². The predicted octanol–water partition coefficient (Wildman–Crippen LogP) is 1.72. The highest BCUT2D eigenvalue weighted by Crippen LogP contribution is 2.42. The van der Waals surface area contributed by atoms with Gasteiger partial charge in [0.05, 0.1) is 31.1 Å². The van der Waals surface area contributed by atoms with Gasteiger partial charge in [0.1, 0.15) is 16.9 Å². The van der Waals surface area contributed by atoms with Gasteiger partial charge < -0.3 is 23.9 Å². The van der Waals surface area contributed by atoms with Crippen LogP contribution in [0.2, 0.25) is 0 Å². The molecule has 2 heterocycles. The summed E-state index contributed by atoms with van der Waals surface area (Å²) >= 11 is 0. The molecule has 1 saturated heterocycles. The number of ether oxygens (including phenoxy) is 2. The molecule has 1 N–H and O–H groups in total. The lowest BCUT2D eigenvalue weighted by atomic mass is 9.85. The smallest absolute Gasteiger partial charge is 0.197 e. The van der Waals surface area contributed by atoms with E-state index in [9.17, 15) is 14.1 Å². The molecule has 27 heavy (non-hydrogen) atoms. The zero-order valence-electron chi connectivity index (χ0n) is 16.0. The van der Waals surface area contributed by atoms with Crippen molar-refractivity contribution in [3.05, 3.63) is 27.9 Å². The van der Waals surface area contributed by atoms with Gasteiger partial charge in [-0.2, -0.15) is 0 Å². The van der Waals surface area contributed by atoms with Gasteiger partial charge in [0.2, 0.25) is 0 Å². The summed E-state index contributed by atoms with van der Waals surface area (Å²) in [5.74, 6) is 0.881. The van der Waals surface area contributed by atoms with Crippen molar-refractivity contribution in [3.8, 4) is 11.5 Å². The molecule has 1 aromatic carbocycles. The summed E-state index contributed by atoms with van der Waals surface area (Å²) in [6, 6.07) is 2.90. The standard InChI is InChI=1S/C19H25NO6S/c1-5-27(23)16-8-12(21)18-15(25-4)9-14(24-3)17(19(18)26-16)11-6-7-20(2)10-13(11)22/h8-9,11,13,22H,5-7,10H2,1-4H3/t11-,13+,27?/m1/s1. The van der Waals surface area contributed by atoms with Crippen LogP contribution in [0.4, 0.5) is 0 Å². The number of benzene rings is 1. The number of nitrogens with zero attached hydrogens (tertiary/aromatic N) is 1. The molecule has 0 amide bonds. The quantitative estimate of drug-likeness (QED) is 0.824. The lowest BCUT2D eigenvalue weighted by Gasteiger charge is -2.34. The Morgan fingerprint density at radius 1 is 1.30 bits per heavy atom. The third-order valence-corrected chi connectivity index (χ3v) is 6.20. The van der Waals surface area contributed by atoms with E-state index in [4.69, 9.17) is 13.9 Å². The van der Waals surface area contributed by atoms with Gasteiger partial charge in [-0.3, -0.25) is 9.00 Å². The second-order valence-corrected chi connectivity index (χ2v) is 8.36. The van der Waals surface area contributed by atoms with Crippen LogP contribution < -0.4 is 14.9 Å². The van der Waals surface area contributed by atoms with Crippen molar-refractivity contribution in [2.45, 2.75) is 30.5 Å². The molecule has 0 saturated carbocycles. The zero-order chi connectivity index (χ0) is 19.7. The van der Waals surface area contributed by atoms with Crippen LogP contribution in [0.25, 0.3) is 11.0 Å². The van der Waals surface area contributed by atoms with Crippen molar-refractivity contribution in [2.75, 3.05) is 40.1 Å². The highest BCUT2D eigenvalue weighted by atomic mass is 32.2. The van der Waals surface area contributed by atoms with Crippen LogP contribution in [0, 0.1) is 0 Å². The zero-order valence-corrected chi connectivity index (χ0v) is 16.8. The van der Waals surface area contributed by atoms with Gasteiger partial charge in [-0.05, 0) is 20.0 Å². The van der Waals surface area contributed by atoms with Gasteiger partial charge in [-0.15, -0.1) is 0 Å². The van der Waals surface area contributed by atoms with Crippen molar-refractivity contribution in [1.82, 2.24) is 4.90 Å². The first-order valence-electron chi connectivity index (χ1n) is 8.88. The van der Waals surface area contributed by atoms with Gasteiger partial charge in [0, 0.05) is 35.9 Å². The van der Waals surface area contributed by atoms with Gasteiger partial charge in [-0.25, -0.2) is 0 Å². The van der Waals surface area contributed by atoms with Crippen LogP contribution in [0.3, 0.4) is 0 Å². The minimum Gasteiger partial charge on any atom is -0.496 e. The summed E-state index contributed by atoms with van der Waals surface area (Å²) in [6.45, 7) is 3.06. The minimum atomic E-state index is -1.42. The Bertz CT molecular complexity index is 925. The summed E-state index contributed by atoms with van der Waals surface area (Å²) in [7, 11) is 3.52. The molecular formula is C19H25NO6S. The van der Waals surface area contributed by atoms with Crippen molar-refractivity contribution < 1.29 is 23.2 Å². The van der Waals surface area contributed by atoms with Crippen LogP contribution in [0.15, 0.2) is 26.4 Å². The maximum atomic E-state index is 12.8. The highest BCUT2D eigenvalue weighted by molar-refractivity contribution is 7.84. The molecule has 3 atom stereocenters. The average Bonchev–Trinajstić information content (AvgIpc) is 2.66. The summed E-state index contributed by atoms with van der Waals surface area (Å²) in [5.41, 5.74) is 0.585. The topological polar surface area (TPSA) is 89.2 Å². The third kappa shape index (κ3) is 3.61. The van der Waals surface area contributed by atoms with Crippen LogP contribution in [0.5, 0.6) is 11.5 Å². The van der Waals surface area contributed by atoms with Crippen molar-refractivity contribution >= 4 is 21.8 Å². The molecule has 1 aromatic heterocycles. The Balaban J connectivity index is 2.34. The lowest BCUT2D eigenvalue weighted by Crippen LogP contribution is -2.40. The molecule has 1 aliphatic rings. The minimum absolute atomic E-state index is 0.119. The molecule has 8 heteroatoms. The Morgan fingerprint density at radius 2 is 2.00 bits per heavy atom. The first-order chi connectivity index (χ1) is 12.9. The molecular weight excluding hydrogens is 370 g/mol. The molecule has 0 bridgehead atoms. The fourth-order valence-corrected chi connectivity index (χ4v) is 4.34. The number of rotatable bonds is 5. The molecule has 0 spiro atoms. The molecule has 7 nitrogen and oxygen atoms in total. The lowest BCUT2D eigenvalue weighted by molar-refractivity contribution is 0.0630. The summed E-state index contributed by atoms with van der Waals surface area (Å²) in [4.78, 5) is 14.8. The normalized spacial score (nSPS) is 22.0. The molecule has 1 fully saturated rings. The van der Waals surface area contributed by atoms with Gasteiger partial charge in [0.25, 0.3) is 0 Å². The van der Waals surface area contributed by atoms with Crippen LogP contribution >= 0.6 is 0 Å². The number of fused-ring (bicyclic) bond motifs is 1. The van der Waals surface area contributed by atoms with E-state index in [2.05, 4.69) is 0 Å². The van der Waals surface area contributed by atoms with Crippen LogP contribution in [-0.2, 0) is 10.8 Å². The number of aliphatic hydroxyl groups excluding tert-OH is 1. The first kappa shape index (κ1) is 19.9. The number of piperidine rings is 1. The predicted molar refractivity (Wildman–Crippen MR) is 103 cm³/mol. The maximum Gasteiger partial charge on any atom is 0.197 e. The number of methoxy groups -OCH3 is 2. The van der Waals surface area contributed by atoms with E-state index in [1.165, 1.54) is 20.3 Å². The molecule has 1 unspecified atom stereocenters. The van der Waals surface area contributed by atoms with E-state index < -0.39 is 16.9 Å². The molecule has 148 valence electrons. The van der Waals surface area contributed by atoms with E-state index in [-0.39, 0.29) is 27.4 Å². The average molecular weight is 395 g/mol. The Morgan fingerprint density at radius 3 is 2.59 bits per heavy atom. The number of likely N-dealkylation sites (tertiary alicyclic amines) is 1. The second kappa shape index (κ2) is 8.00. The molecule has 3 rings (SSSR count).